The van der Waals surface area contributed by atoms with Crippen molar-refractivity contribution >= 4 is 23.1 Å². The fourth-order valence-corrected chi connectivity index (χ4v) is 4.53. The molecule has 1 heterocycles. The molecule has 0 fully saturated rings. The second-order valence-corrected chi connectivity index (χ2v) is 10.5. The molecule has 0 unspecified atom stereocenters. The van der Waals surface area contributed by atoms with E-state index in [1.165, 1.54) is 12.1 Å². The van der Waals surface area contributed by atoms with Crippen LogP contribution in [0.3, 0.4) is 0 Å². The van der Waals surface area contributed by atoms with E-state index >= 15 is 0 Å². The van der Waals surface area contributed by atoms with Gasteiger partial charge in [0.15, 0.2) is 5.78 Å². The van der Waals surface area contributed by atoms with Gasteiger partial charge in [-0.3, -0.25) is 9.59 Å². The quantitative estimate of drug-likeness (QED) is 0.400. The molecule has 0 bridgehead atoms. The van der Waals surface area contributed by atoms with Crippen LogP contribution < -0.4 is 9.80 Å². The highest BCUT2D eigenvalue weighted by atomic mass is 19.4. The molecular weight excluding hydrogens is 472 g/mol. The van der Waals surface area contributed by atoms with Crippen LogP contribution >= 0.6 is 0 Å². The van der Waals surface area contributed by atoms with Crippen molar-refractivity contribution < 1.29 is 27.2 Å². The smallest absolute Gasteiger partial charge is 0.364 e. The number of Topliss-reactive ketones (excluding diaryl/α,β-unsaturated/α-hetero) is 1. The van der Waals surface area contributed by atoms with Gasteiger partial charge in [0.1, 0.15) is 5.82 Å². The molecule has 1 amide bonds. The van der Waals surface area contributed by atoms with Crippen molar-refractivity contribution in [1.82, 2.24) is 0 Å². The van der Waals surface area contributed by atoms with E-state index in [0.717, 1.165) is 35.7 Å². The Balaban J connectivity index is 2.02. The Bertz CT molecular complexity index is 1140. The standard InChI is InChI=1S/C28H34F4N2O2/c1-6-8-19-12-13-22(15-23(19)29)34(26(36)28(30,31)32)16-21-11-10-20-9-7-14-33(25(20)18(21)2)17-24(35)27(3,4)5/h10-13,15H,6-9,14,16-17H2,1-5H3. The molecule has 0 aromatic heterocycles. The highest BCUT2D eigenvalue weighted by Gasteiger charge is 2.43. The molecule has 2 aromatic carbocycles. The van der Waals surface area contributed by atoms with Crippen LogP contribution in [-0.2, 0) is 29.0 Å². The molecule has 0 saturated heterocycles. The van der Waals surface area contributed by atoms with E-state index in [0.29, 0.717) is 35.4 Å². The monoisotopic (exact) mass is 506 g/mol. The number of benzene rings is 2. The van der Waals surface area contributed by atoms with Crippen LogP contribution in [0.5, 0.6) is 0 Å². The summed E-state index contributed by atoms with van der Waals surface area (Å²) in [6, 6.07) is 7.37. The Labute approximate surface area is 210 Å². The third kappa shape index (κ3) is 6.08. The zero-order valence-corrected chi connectivity index (χ0v) is 21.6. The summed E-state index contributed by atoms with van der Waals surface area (Å²) in [5, 5.41) is 0. The van der Waals surface area contributed by atoms with E-state index in [9.17, 15) is 27.2 Å². The molecule has 0 aliphatic carbocycles. The van der Waals surface area contributed by atoms with E-state index in [-0.39, 0.29) is 24.6 Å². The lowest BCUT2D eigenvalue weighted by molar-refractivity contribution is -0.170. The average molecular weight is 507 g/mol. The Morgan fingerprint density at radius 3 is 2.31 bits per heavy atom. The number of amides is 1. The number of hydrogen-bond acceptors (Lipinski definition) is 3. The fraction of sp³-hybridized carbons (Fsp3) is 0.500. The molecule has 0 saturated carbocycles. The van der Waals surface area contributed by atoms with Crippen molar-refractivity contribution in [1.29, 1.82) is 0 Å². The van der Waals surface area contributed by atoms with Gasteiger partial charge in [-0.15, -0.1) is 0 Å². The molecule has 0 radical (unpaired) electrons. The Kier molecular flexibility index (Phi) is 8.16. The van der Waals surface area contributed by atoms with E-state index in [2.05, 4.69) is 0 Å². The second kappa shape index (κ2) is 10.6. The van der Waals surface area contributed by atoms with Crippen LogP contribution in [0, 0.1) is 18.2 Å². The van der Waals surface area contributed by atoms with Crippen molar-refractivity contribution in [2.45, 2.75) is 73.0 Å². The maximum absolute atomic E-state index is 14.6. The highest BCUT2D eigenvalue weighted by Crippen LogP contribution is 2.35. The molecular formula is C28H34F4N2O2. The SMILES string of the molecule is CCCc1ccc(N(Cc2ccc3c(c2C)N(CC(=O)C(C)(C)C)CCC3)C(=O)C(F)(F)F)cc1F. The molecule has 0 N–H and O–H groups in total. The number of rotatable bonds is 7. The van der Waals surface area contributed by atoms with E-state index in [4.69, 9.17) is 0 Å². The summed E-state index contributed by atoms with van der Waals surface area (Å²) < 4.78 is 55.3. The van der Waals surface area contributed by atoms with Crippen LogP contribution in [0.25, 0.3) is 0 Å². The maximum atomic E-state index is 14.6. The summed E-state index contributed by atoms with van der Waals surface area (Å²) in [5.74, 6) is -2.62. The van der Waals surface area contributed by atoms with Gasteiger partial charge in [-0.05, 0) is 60.6 Å². The highest BCUT2D eigenvalue weighted by molar-refractivity contribution is 5.97. The first kappa shape index (κ1) is 27.7. The number of ketones is 1. The molecule has 3 rings (SSSR count). The zero-order chi connectivity index (χ0) is 26.8. The van der Waals surface area contributed by atoms with Crippen LogP contribution in [-0.4, -0.2) is 31.0 Å². The van der Waals surface area contributed by atoms with Crippen LogP contribution in [0.4, 0.5) is 28.9 Å². The topological polar surface area (TPSA) is 40.6 Å². The lowest BCUT2D eigenvalue weighted by Gasteiger charge is -2.35. The second-order valence-electron chi connectivity index (χ2n) is 10.5. The molecule has 0 spiro atoms. The first-order chi connectivity index (χ1) is 16.7. The number of carbonyl (C=O) groups excluding carboxylic acids is 2. The average Bonchev–Trinajstić information content (AvgIpc) is 2.78. The van der Waals surface area contributed by atoms with Crippen molar-refractivity contribution in [2.75, 3.05) is 22.9 Å². The normalized spacial score (nSPS) is 14.0. The Morgan fingerprint density at radius 2 is 1.72 bits per heavy atom. The lowest BCUT2D eigenvalue weighted by Crippen LogP contribution is -2.41. The Morgan fingerprint density at radius 1 is 1.06 bits per heavy atom. The van der Waals surface area contributed by atoms with Gasteiger partial charge in [-0.2, -0.15) is 13.2 Å². The summed E-state index contributed by atoms with van der Waals surface area (Å²) in [6.07, 6.45) is -2.32. The van der Waals surface area contributed by atoms with E-state index < -0.39 is 23.3 Å². The molecule has 36 heavy (non-hydrogen) atoms. The number of aryl methyl sites for hydroxylation is 2. The summed E-state index contributed by atoms with van der Waals surface area (Å²) in [4.78, 5) is 27.8. The van der Waals surface area contributed by atoms with Crippen molar-refractivity contribution in [3.05, 3.63) is 58.4 Å². The molecule has 8 heteroatoms. The molecule has 0 atom stereocenters. The first-order valence-corrected chi connectivity index (χ1v) is 12.3. The van der Waals surface area contributed by atoms with Crippen LogP contribution in [0.1, 0.15) is 62.8 Å². The number of alkyl halides is 3. The molecule has 196 valence electrons. The van der Waals surface area contributed by atoms with Crippen molar-refractivity contribution in [3.63, 3.8) is 0 Å². The van der Waals surface area contributed by atoms with Gasteiger partial charge in [0.2, 0.25) is 0 Å². The number of hydrogen-bond donors (Lipinski definition) is 0. The minimum Gasteiger partial charge on any atom is -0.364 e. The van der Waals surface area contributed by atoms with Gasteiger partial charge in [-0.1, -0.05) is 52.3 Å². The Hall–Kier alpha value is -2.90. The third-order valence-corrected chi connectivity index (χ3v) is 6.67. The van der Waals surface area contributed by atoms with Crippen molar-refractivity contribution in [3.8, 4) is 0 Å². The number of carbonyl (C=O) groups is 2. The van der Waals surface area contributed by atoms with Crippen LogP contribution in [0.15, 0.2) is 30.3 Å². The lowest BCUT2D eigenvalue weighted by atomic mass is 9.89. The van der Waals surface area contributed by atoms with Gasteiger partial charge in [-0.25, -0.2) is 4.39 Å². The van der Waals surface area contributed by atoms with E-state index in [1.807, 2.05) is 38.7 Å². The number of halogens is 4. The summed E-state index contributed by atoms with van der Waals surface area (Å²) in [5.41, 5.74) is 2.81. The van der Waals surface area contributed by atoms with Gasteiger partial charge < -0.3 is 9.80 Å². The molecule has 2 aromatic rings. The molecule has 4 nitrogen and oxygen atoms in total. The van der Waals surface area contributed by atoms with Gasteiger partial charge in [0.25, 0.3) is 0 Å². The minimum absolute atomic E-state index is 0.0664. The molecule has 1 aliphatic heterocycles. The van der Waals surface area contributed by atoms with Gasteiger partial charge in [0, 0.05) is 23.3 Å². The first-order valence-electron chi connectivity index (χ1n) is 12.3. The summed E-state index contributed by atoms with van der Waals surface area (Å²) >= 11 is 0. The summed E-state index contributed by atoms with van der Waals surface area (Å²) in [6.45, 7) is 9.74. The molecule has 1 aliphatic rings. The van der Waals surface area contributed by atoms with Gasteiger partial charge >= 0.3 is 12.1 Å². The third-order valence-electron chi connectivity index (χ3n) is 6.67. The van der Waals surface area contributed by atoms with E-state index in [1.54, 1.807) is 13.0 Å². The zero-order valence-electron chi connectivity index (χ0n) is 21.6. The van der Waals surface area contributed by atoms with Gasteiger partial charge in [0.05, 0.1) is 13.1 Å². The minimum atomic E-state index is -5.12. The number of fused-ring (bicyclic) bond motifs is 1. The van der Waals surface area contributed by atoms with Crippen LogP contribution in [0.2, 0.25) is 0 Å². The maximum Gasteiger partial charge on any atom is 0.471 e. The predicted molar refractivity (Wildman–Crippen MR) is 134 cm³/mol. The summed E-state index contributed by atoms with van der Waals surface area (Å²) in [7, 11) is 0. The predicted octanol–water partition coefficient (Wildman–Crippen LogP) is 6.55. The number of anilines is 2. The fourth-order valence-electron chi connectivity index (χ4n) is 4.53. The van der Waals surface area contributed by atoms with Crippen molar-refractivity contribution in [2.24, 2.45) is 5.41 Å². The largest absolute Gasteiger partial charge is 0.471 e. The number of nitrogens with zero attached hydrogens (tertiary/aromatic N) is 2.